The van der Waals surface area contributed by atoms with Gasteiger partial charge in [0.15, 0.2) is 0 Å². The van der Waals surface area contributed by atoms with Gasteiger partial charge >= 0.3 is 0 Å². The van der Waals surface area contributed by atoms with Crippen molar-refractivity contribution in [3.05, 3.63) is 83.2 Å². The number of rotatable bonds is 5. The SMILES string of the molecule is CCc1ccncc1-c1cccnc1Cc1ccc(C(C)(F)F)c(F)c1. The molecule has 0 bridgehead atoms. The highest BCUT2D eigenvalue weighted by Crippen LogP contribution is 2.31. The van der Waals surface area contributed by atoms with E-state index in [1.165, 1.54) is 6.07 Å². The molecular formula is C21H19F3N2. The van der Waals surface area contributed by atoms with Gasteiger partial charge in [-0.2, -0.15) is 0 Å². The molecule has 0 saturated carbocycles. The highest BCUT2D eigenvalue weighted by molar-refractivity contribution is 5.69. The molecule has 2 aromatic heterocycles. The molecule has 2 nitrogen and oxygen atoms in total. The Bertz CT molecular complexity index is 917. The van der Waals surface area contributed by atoms with Gasteiger partial charge in [0.05, 0.1) is 11.3 Å². The third kappa shape index (κ3) is 3.77. The van der Waals surface area contributed by atoms with Crippen molar-refractivity contribution in [1.82, 2.24) is 9.97 Å². The quantitative estimate of drug-likeness (QED) is 0.599. The summed E-state index contributed by atoms with van der Waals surface area (Å²) in [7, 11) is 0. The largest absolute Gasteiger partial charge is 0.273 e. The molecule has 0 aliphatic carbocycles. The molecule has 0 spiro atoms. The number of benzene rings is 1. The van der Waals surface area contributed by atoms with Crippen LogP contribution in [0, 0.1) is 5.82 Å². The van der Waals surface area contributed by atoms with Crippen molar-refractivity contribution in [2.75, 3.05) is 0 Å². The number of nitrogens with zero attached hydrogens (tertiary/aromatic N) is 2. The van der Waals surface area contributed by atoms with Crippen LogP contribution in [0.3, 0.4) is 0 Å². The number of aromatic nitrogens is 2. The zero-order valence-electron chi connectivity index (χ0n) is 14.6. The lowest BCUT2D eigenvalue weighted by Gasteiger charge is -2.14. The summed E-state index contributed by atoms with van der Waals surface area (Å²) in [5.41, 5.74) is 3.80. The fourth-order valence-corrected chi connectivity index (χ4v) is 3.02. The first-order valence-electron chi connectivity index (χ1n) is 8.44. The fourth-order valence-electron chi connectivity index (χ4n) is 3.02. The first-order valence-corrected chi connectivity index (χ1v) is 8.44. The molecule has 0 atom stereocenters. The van der Waals surface area contributed by atoms with Gasteiger partial charge in [0.25, 0.3) is 5.92 Å². The lowest BCUT2D eigenvalue weighted by atomic mass is 9.95. The van der Waals surface area contributed by atoms with E-state index in [2.05, 4.69) is 16.9 Å². The molecule has 0 aliphatic rings. The molecule has 3 aromatic rings. The van der Waals surface area contributed by atoms with E-state index < -0.39 is 17.3 Å². The Morgan fingerprint density at radius 2 is 1.85 bits per heavy atom. The van der Waals surface area contributed by atoms with Crippen LogP contribution in [0.25, 0.3) is 11.1 Å². The highest BCUT2D eigenvalue weighted by atomic mass is 19.3. The van der Waals surface area contributed by atoms with Gasteiger partial charge in [-0.1, -0.05) is 19.1 Å². The minimum atomic E-state index is -3.20. The summed E-state index contributed by atoms with van der Waals surface area (Å²) in [5, 5.41) is 0. The summed E-state index contributed by atoms with van der Waals surface area (Å²) in [4.78, 5) is 8.63. The van der Waals surface area contributed by atoms with Crippen LogP contribution in [-0.2, 0) is 18.8 Å². The zero-order chi connectivity index (χ0) is 18.7. The van der Waals surface area contributed by atoms with E-state index in [1.54, 1.807) is 18.6 Å². The van der Waals surface area contributed by atoms with E-state index in [-0.39, 0.29) is 0 Å². The van der Waals surface area contributed by atoms with Gasteiger partial charge in [-0.25, -0.2) is 13.2 Å². The average Bonchev–Trinajstić information content (AvgIpc) is 2.61. The second kappa shape index (κ2) is 7.28. The first kappa shape index (κ1) is 18.1. The zero-order valence-corrected chi connectivity index (χ0v) is 14.6. The lowest BCUT2D eigenvalue weighted by Crippen LogP contribution is -2.10. The van der Waals surface area contributed by atoms with Crippen LogP contribution in [-0.4, -0.2) is 9.97 Å². The van der Waals surface area contributed by atoms with E-state index in [0.717, 1.165) is 40.9 Å². The summed E-state index contributed by atoms with van der Waals surface area (Å²) >= 11 is 0. The van der Waals surface area contributed by atoms with Crippen LogP contribution in [0.2, 0.25) is 0 Å². The van der Waals surface area contributed by atoms with Gasteiger partial charge < -0.3 is 0 Å². The third-order valence-corrected chi connectivity index (χ3v) is 4.35. The van der Waals surface area contributed by atoms with Gasteiger partial charge in [-0.3, -0.25) is 9.97 Å². The Labute approximate surface area is 150 Å². The van der Waals surface area contributed by atoms with Crippen molar-refractivity contribution >= 4 is 0 Å². The minimum absolute atomic E-state index is 0.348. The maximum Gasteiger partial charge on any atom is 0.273 e. The Hall–Kier alpha value is -2.69. The Morgan fingerprint density at radius 3 is 2.54 bits per heavy atom. The molecular weight excluding hydrogens is 337 g/mol. The summed E-state index contributed by atoms with van der Waals surface area (Å²) in [5.74, 6) is -4.10. The number of hydrogen-bond donors (Lipinski definition) is 0. The van der Waals surface area contributed by atoms with Crippen LogP contribution in [0.5, 0.6) is 0 Å². The predicted octanol–water partition coefficient (Wildman–Crippen LogP) is 5.55. The second-order valence-corrected chi connectivity index (χ2v) is 6.26. The monoisotopic (exact) mass is 356 g/mol. The molecule has 0 radical (unpaired) electrons. The molecule has 0 N–H and O–H groups in total. The molecule has 5 heteroatoms. The lowest BCUT2D eigenvalue weighted by molar-refractivity contribution is 0.0137. The topological polar surface area (TPSA) is 25.8 Å². The van der Waals surface area contributed by atoms with Crippen LogP contribution in [0.1, 0.15) is 36.2 Å². The van der Waals surface area contributed by atoms with Crippen LogP contribution < -0.4 is 0 Å². The molecule has 2 heterocycles. The fraction of sp³-hybridized carbons (Fsp3) is 0.238. The van der Waals surface area contributed by atoms with E-state index >= 15 is 0 Å². The van der Waals surface area contributed by atoms with Crippen molar-refractivity contribution in [1.29, 1.82) is 0 Å². The maximum atomic E-state index is 14.1. The predicted molar refractivity (Wildman–Crippen MR) is 95.6 cm³/mol. The van der Waals surface area contributed by atoms with E-state index in [1.807, 2.05) is 18.2 Å². The standard InChI is InChI=1S/C21H19F3N2/c1-3-15-8-10-25-13-17(15)16-5-4-9-26-20(16)12-14-6-7-18(19(22)11-14)21(2,23)24/h4-11,13H,3,12H2,1-2H3. The summed E-state index contributed by atoms with van der Waals surface area (Å²) in [6.07, 6.45) is 6.41. The molecule has 0 aliphatic heterocycles. The number of pyridine rings is 2. The molecule has 0 saturated heterocycles. The second-order valence-electron chi connectivity index (χ2n) is 6.26. The number of aryl methyl sites for hydroxylation is 1. The van der Waals surface area contributed by atoms with Crippen molar-refractivity contribution in [2.45, 2.75) is 32.6 Å². The molecule has 0 fully saturated rings. The molecule has 26 heavy (non-hydrogen) atoms. The molecule has 3 rings (SSSR count). The number of hydrogen-bond acceptors (Lipinski definition) is 2. The minimum Gasteiger partial charge on any atom is -0.264 e. The Morgan fingerprint density at radius 1 is 1.04 bits per heavy atom. The average molecular weight is 356 g/mol. The van der Waals surface area contributed by atoms with E-state index in [9.17, 15) is 13.2 Å². The maximum absolute atomic E-state index is 14.1. The number of alkyl halides is 2. The van der Waals surface area contributed by atoms with Crippen molar-refractivity contribution in [2.24, 2.45) is 0 Å². The van der Waals surface area contributed by atoms with Crippen LogP contribution in [0.15, 0.2) is 55.0 Å². The summed E-state index contributed by atoms with van der Waals surface area (Å²) in [6.45, 7) is 2.75. The van der Waals surface area contributed by atoms with Crippen LogP contribution in [0.4, 0.5) is 13.2 Å². The Kier molecular flexibility index (Phi) is 5.07. The van der Waals surface area contributed by atoms with Gasteiger partial charge in [0.2, 0.25) is 0 Å². The highest BCUT2D eigenvalue weighted by Gasteiger charge is 2.28. The number of halogens is 3. The molecule has 0 unspecified atom stereocenters. The molecule has 134 valence electrons. The van der Waals surface area contributed by atoms with Crippen molar-refractivity contribution < 1.29 is 13.2 Å². The Balaban J connectivity index is 1.99. The summed E-state index contributed by atoms with van der Waals surface area (Å²) in [6, 6.07) is 9.59. The van der Waals surface area contributed by atoms with Crippen molar-refractivity contribution in [3.8, 4) is 11.1 Å². The van der Waals surface area contributed by atoms with Gasteiger partial charge in [-0.15, -0.1) is 0 Å². The van der Waals surface area contributed by atoms with Crippen molar-refractivity contribution in [3.63, 3.8) is 0 Å². The van der Waals surface area contributed by atoms with Gasteiger partial charge in [0.1, 0.15) is 5.82 Å². The third-order valence-electron chi connectivity index (χ3n) is 4.35. The normalized spacial score (nSPS) is 11.6. The first-order chi connectivity index (χ1) is 12.4. The van der Waals surface area contributed by atoms with E-state index in [4.69, 9.17) is 0 Å². The smallest absolute Gasteiger partial charge is 0.264 e. The van der Waals surface area contributed by atoms with Gasteiger partial charge in [-0.05, 0) is 41.8 Å². The molecule has 0 amide bonds. The summed E-state index contributed by atoms with van der Waals surface area (Å²) < 4.78 is 40.8. The molecule has 1 aromatic carbocycles. The van der Waals surface area contributed by atoms with Crippen LogP contribution >= 0.6 is 0 Å². The van der Waals surface area contributed by atoms with E-state index in [0.29, 0.717) is 18.9 Å². The van der Waals surface area contributed by atoms with Gasteiger partial charge in [0, 0.05) is 43.1 Å².